The van der Waals surface area contributed by atoms with E-state index in [2.05, 4.69) is 28.7 Å². The van der Waals surface area contributed by atoms with Gasteiger partial charge in [-0.2, -0.15) is 0 Å². The van der Waals surface area contributed by atoms with Crippen molar-refractivity contribution in [1.29, 1.82) is 0 Å². The Hall–Kier alpha value is -1.45. The summed E-state index contributed by atoms with van der Waals surface area (Å²) in [6, 6.07) is 2.37. The van der Waals surface area contributed by atoms with Gasteiger partial charge in [-0.05, 0) is 38.2 Å². The molecule has 4 nitrogen and oxygen atoms in total. The molecule has 1 atom stereocenters. The normalized spacial score (nSPS) is 23.0. The predicted molar refractivity (Wildman–Crippen MR) is 81.7 cm³/mol. The van der Waals surface area contributed by atoms with Crippen LogP contribution in [0.1, 0.15) is 51.0 Å². The predicted octanol–water partition coefficient (Wildman–Crippen LogP) is 2.75. The lowest BCUT2D eigenvalue weighted by Gasteiger charge is -2.64. The first-order valence-electron chi connectivity index (χ1n) is 8.10. The summed E-state index contributed by atoms with van der Waals surface area (Å²) < 4.78 is 0. The average molecular weight is 287 g/mol. The van der Waals surface area contributed by atoms with Crippen LogP contribution in [0.3, 0.4) is 0 Å². The van der Waals surface area contributed by atoms with Gasteiger partial charge in [0.25, 0.3) is 0 Å². The summed E-state index contributed by atoms with van der Waals surface area (Å²) in [4.78, 5) is 23.1. The number of carbonyl (C=O) groups is 1. The molecule has 1 aliphatic heterocycles. The van der Waals surface area contributed by atoms with Crippen molar-refractivity contribution in [2.75, 3.05) is 6.54 Å². The molecule has 1 saturated heterocycles. The zero-order valence-electron chi connectivity index (χ0n) is 13.3. The molecule has 1 aromatic rings. The first-order chi connectivity index (χ1) is 10.0. The highest BCUT2D eigenvalue weighted by molar-refractivity contribution is 5.78. The van der Waals surface area contributed by atoms with Crippen molar-refractivity contribution in [2.45, 2.75) is 58.9 Å². The minimum atomic E-state index is 0.294. The number of aryl methyl sites for hydroxylation is 2. The van der Waals surface area contributed by atoms with E-state index in [1.807, 2.05) is 13.0 Å². The minimum Gasteiger partial charge on any atom is -0.338 e. The van der Waals surface area contributed by atoms with Crippen molar-refractivity contribution in [2.24, 2.45) is 11.3 Å². The molecule has 1 unspecified atom stereocenters. The van der Waals surface area contributed by atoms with Gasteiger partial charge in [0.15, 0.2) is 0 Å². The second kappa shape index (κ2) is 5.39. The molecule has 0 N–H and O–H groups in total. The van der Waals surface area contributed by atoms with Crippen LogP contribution in [0.25, 0.3) is 0 Å². The Morgan fingerprint density at radius 1 is 1.48 bits per heavy atom. The smallest absolute Gasteiger partial charge is 0.223 e. The number of aromatic nitrogens is 2. The monoisotopic (exact) mass is 287 g/mol. The van der Waals surface area contributed by atoms with Crippen LogP contribution >= 0.6 is 0 Å². The summed E-state index contributed by atoms with van der Waals surface area (Å²) in [6.07, 6.45) is 7.01. The molecule has 114 valence electrons. The van der Waals surface area contributed by atoms with E-state index in [0.717, 1.165) is 24.5 Å². The van der Waals surface area contributed by atoms with E-state index in [9.17, 15) is 4.79 Å². The first kappa shape index (κ1) is 14.5. The van der Waals surface area contributed by atoms with Crippen molar-refractivity contribution in [3.63, 3.8) is 0 Å². The molecule has 1 aliphatic carbocycles. The Morgan fingerprint density at radius 3 is 2.81 bits per heavy atom. The molecule has 2 fully saturated rings. The highest BCUT2D eigenvalue weighted by Crippen LogP contribution is 2.55. The average Bonchev–Trinajstić information content (AvgIpc) is 2.33. The molecule has 2 aliphatic rings. The van der Waals surface area contributed by atoms with Crippen molar-refractivity contribution in [3.8, 4) is 0 Å². The molecular formula is C17H25N3O. The van der Waals surface area contributed by atoms with E-state index in [0.29, 0.717) is 29.7 Å². The fraction of sp³-hybridized carbons (Fsp3) is 0.706. The van der Waals surface area contributed by atoms with E-state index in [1.54, 1.807) is 6.20 Å². The molecule has 1 saturated carbocycles. The summed E-state index contributed by atoms with van der Waals surface area (Å²) in [6.45, 7) is 7.36. The topological polar surface area (TPSA) is 46.1 Å². The maximum atomic E-state index is 12.5. The van der Waals surface area contributed by atoms with Crippen LogP contribution in [-0.2, 0) is 11.2 Å². The van der Waals surface area contributed by atoms with Gasteiger partial charge in [-0.15, -0.1) is 0 Å². The zero-order chi connectivity index (χ0) is 15.0. The van der Waals surface area contributed by atoms with Crippen LogP contribution in [0.2, 0.25) is 0 Å². The maximum absolute atomic E-state index is 12.5. The van der Waals surface area contributed by atoms with E-state index >= 15 is 0 Å². The number of rotatable bonds is 4. The molecule has 1 spiro atoms. The Morgan fingerprint density at radius 2 is 2.24 bits per heavy atom. The molecule has 0 bridgehead atoms. The quantitative estimate of drug-likeness (QED) is 0.855. The van der Waals surface area contributed by atoms with Gasteiger partial charge in [0.05, 0.1) is 0 Å². The minimum absolute atomic E-state index is 0.294. The standard InChI is InChI=1S/C17H25N3O/c1-12(2)16-17(8-4-9-17)11-20(16)15(21)6-5-14-7-10-18-13(3)19-14/h7,10,12,16H,4-6,8-9,11H2,1-3H3. The Kier molecular flexibility index (Phi) is 3.72. The van der Waals surface area contributed by atoms with Crippen molar-refractivity contribution in [1.82, 2.24) is 14.9 Å². The van der Waals surface area contributed by atoms with Crippen molar-refractivity contribution in [3.05, 3.63) is 23.8 Å². The zero-order valence-corrected chi connectivity index (χ0v) is 13.3. The number of nitrogens with zero attached hydrogens (tertiary/aromatic N) is 3. The van der Waals surface area contributed by atoms with Gasteiger partial charge >= 0.3 is 0 Å². The third kappa shape index (κ3) is 2.56. The molecule has 0 radical (unpaired) electrons. The van der Waals surface area contributed by atoms with E-state index in [-0.39, 0.29) is 0 Å². The van der Waals surface area contributed by atoms with Crippen LogP contribution in [0.5, 0.6) is 0 Å². The molecule has 3 rings (SSSR count). The van der Waals surface area contributed by atoms with E-state index < -0.39 is 0 Å². The maximum Gasteiger partial charge on any atom is 0.223 e. The van der Waals surface area contributed by atoms with Crippen molar-refractivity contribution >= 4 is 5.91 Å². The van der Waals surface area contributed by atoms with Gasteiger partial charge in [-0.25, -0.2) is 9.97 Å². The lowest BCUT2D eigenvalue weighted by atomic mass is 9.55. The highest BCUT2D eigenvalue weighted by atomic mass is 16.2. The van der Waals surface area contributed by atoms with E-state index in [4.69, 9.17) is 0 Å². The van der Waals surface area contributed by atoms with Gasteiger partial charge in [0.1, 0.15) is 5.82 Å². The highest BCUT2D eigenvalue weighted by Gasteiger charge is 2.57. The van der Waals surface area contributed by atoms with Crippen LogP contribution in [0.15, 0.2) is 12.3 Å². The number of hydrogen-bond acceptors (Lipinski definition) is 3. The lowest BCUT2D eigenvalue weighted by Crippen LogP contribution is -2.70. The van der Waals surface area contributed by atoms with Crippen LogP contribution in [-0.4, -0.2) is 33.4 Å². The largest absolute Gasteiger partial charge is 0.338 e. The summed E-state index contributed by atoms with van der Waals surface area (Å²) in [5.74, 6) is 1.63. The molecule has 1 aromatic heterocycles. The summed E-state index contributed by atoms with van der Waals surface area (Å²) in [5, 5.41) is 0. The summed E-state index contributed by atoms with van der Waals surface area (Å²) in [5.41, 5.74) is 1.44. The summed E-state index contributed by atoms with van der Waals surface area (Å²) >= 11 is 0. The number of hydrogen-bond donors (Lipinski definition) is 0. The first-order valence-corrected chi connectivity index (χ1v) is 8.10. The Labute approximate surface area is 127 Å². The van der Waals surface area contributed by atoms with Gasteiger partial charge in [0, 0.05) is 36.3 Å². The van der Waals surface area contributed by atoms with Crippen LogP contribution in [0.4, 0.5) is 0 Å². The van der Waals surface area contributed by atoms with Crippen molar-refractivity contribution < 1.29 is 4.79 Å². The van der Waals surface area contributed by atoms with Gasteiger partial charge in [0.2, 0.25) is 5.91 Å². The van der Waals surface area contributed by atoms with Gasteiger partial charge in [-0.3, -0.25) is 4.79 Å². The van der Waals surface area contributed by atoms with E-state index in [1.165, 1.54) is 19.3 Å². The van der Waals surface area contributed by atoms with Gasteiger partial charge < -0.3 is 4.90 Å². The Balaban J connectivity index is 1.58. The fourth-order valence-electron chi connectivity index (χ4n) is 4.17. The SMILES string of the molecule is Cc1nccc(CCC(=O)N2CC3(CCC3)C2C(C)C)n1. The fourth-order valence-corrected chi connectivity index (χ4v) is 4.17. The molecule has 1 amide bonds. The van der Waals surface area contributed by atoms with Gasteiger partial charge in [-0.1, -0.05) is 20.3 Å². The number of carbonyl (C=O) groups excluding carboxylic acids is 1. The molecule has 4 heteroatoms. The molecule has 2 heterocycles. The number of amides is 1. The molecular weight excluding hydrogens is 262 g/mol. The molecule has 0 aromatic carbocycles. The third-order valence-corrected chi connectivity index (χ3v) is 5.18. The second-order valence-corrected chi connectivity index (χ2v) is 7.02. The molecule has 21 heavy (non-hydrogen) atoms. The summed E-state index contributed by atoms with van der Waals surface area (Å²) in [7, 11) is 0. The Bertz CT molecular complexity index is 537. The second-order valence-electron chi connectivity index (χ2n) is 7.02. The lowest BCUT2D eigenvalue weighted by molar-refractivity contribution is -0.174. The number of likely N-dealkylation sites (tertiary alicyclic amines) is 1. The third-order valence-electron chi connectivity index (χ3n) is 5.18. The van der Waals surface area contributed by atoms with Crippen LogP contribution < -0.4 is 0 Å². The van der Waals surface area contributed by atoms with Crippen LogP contribution in [0, 0.1) is 18.3 Å².